The molecule has 0 aliphatic heterocycles. The van der Waals surface area contributed by atoms with E-state index in [9.17, 15) is 14.4 Å². The van der Waals surface area contributed by atoms with E-state index in [1.54, 1.807) is 6.08 Å². The molecule has 132 valence electrons. The first-order valence-corrected chi connectivity index (χ1v) is 8.74. The third-order valence-electron chi connectivity index (χ3n) is 6.88. The molecule has 1 N–H and O–H groups in total. The molecule has 2 rings (SSSR count). The van der Waals surface area contributed by atoms with Crippen LogP contribution >= 0.6 is 0 Å². The summed E-state index contributed by atoms with van der Waals surface area (Å²) in [6.45, 7) is 8.75. The van der Waals surface area contributed by atoms with Crippen LogP contribution in [0.2, 0.25) is 0 Å². The second-order valence-electron chi connectivity index (χ2n) is 8.09. The van der Waals surface area contributed by atoms with E-state index in [2.05, 4.69) is 27.7 Å². The van der Waals surface area contributed by atoms with E-state index in [1.165, 1.54) is 5.57 Å². The molecular weight excluding hydrogens is 304 g/mol. The molecule has 24 heavy (non-hydrogen) atoms. The fourth-order valence-electron chi connectivity index (χ4n) is 4.85. The maximum Gasteiger partial charge on any atom is 0.328 e. The zero-order valence-electron chi connectivity index (χ0n) is 15.1. The van der Waals surface area contributed by atoms with Crippen LogP contribution in [0.5, 0.6) is 0 Å². The number of fused-ring (bicyclic) bond motifs is 1. The van der Waals surface area contributed by atoms with Gasteiger partial charge in [-0.3, -0.25) is 9.59 Å². The molecule has 4 nitrogen and oxygen atoms in total. The fourth-order valence-corrected chi connectivity index (χ4v) is 4.85. The number of hydrogen-bond donors (Lipinski definition) is 1. The highest BCUT2D eigenvalue weighted by atomic mass is 16.4. The minimum absolute atomic E-state index is 0.0209. The summed E-state index contributed by atoms with van der Waals surface area (Å²) >= 11 is 0. The number of rotatable bonds is 5. The Labute approximate surface area is 144 Å². The van der Waals surface area contributed by atoms with Crippen molar-refractivity contribution in [3.05, 3.63) is 23.3 Å². The Morgan fingerprint density at radius 3 is 2.67 bits per heavy atom. The second kappa shape index (κ2) is 6.66. The van der Waals surface area contributed by atoms with Crippen LogP contribution in [0.4, 0.5) is 0 Å². The van der Waals surface area contributed by atoms with Gasteiger partial charge in [0.1, 0.15) is 6.29 Å². The molecule has 2 aliphatic carbocycles. The Hall–Kier alpha value is -1.71. The molecule has 4 unspecified atom stereocenters. The van der Waals surface area contributed by atoms with E-state index in [-0.39, 0.29) is 22.5 Å². The maximum absolute atomic E-state index is 12.2. The van der Waals surface area contributed by atoms with Crippen LogP contribution in [0.25, 0.3) is 0 Å². The van der Waals surface area contributed by atoms with Crippen LogP contribution < -0.4 is 0 Å². The number of carbonyl (C=O) groups is 3. The SMILES string of the molecule is CC1=CC(=O)CC2C1(C)CCC(C)C2(C)CCC(C=O)=CC(=O)O. The van der Waals surface area contributed by atoms with Crippen molar-refractivity contribution in [2.24, 2.45) is 22.7 Å². The van der Waals surface area contributed by atoms with Gasteiger partial charge in [0.05, 0.1) is 0 Å². The maximum atomic E-state index is 12.2. The number of hydrogen-bond acceptors (Lipinski definition) is 3. The largest absolute Gasteiger partial charge is 0.478 e. The van der Waals surface area contributed by atoms with Crippen LogP contribution in [0.15, 0.2) is 23.3 Å². The van der Waals surface area contributed by atoms with Gasteiger partial charge in [0, 0.05) is 12.5 Å². The molecule has 0 aromatic rings. The van der Waals surface area contributed by atoms with E-state index < -0.39 is 5.97 Å². The van der Waals surface area contributed by atoms with Crippen LogP contribution in [-0.2, 0) is 14.4 Å². The van der Waals surface area contributed by atoms with E-state index in [1.807, 2.05) is 0 Å². The number of carbonyl (C=O) groups excluding carboxylic acids is 2. The van der Waals surface area contributed by atoms with Crippen molar-refractivity contribution >= 4 is 18.0 Å². The number of carboxylic acids is 1. The van der Waals surface area contributed by atoms with Gasteiger partial charge in [0.25, 0.3) is 0 Å². The summed E-state index contributed by atoms with van der Waals surface area (Å²) in [7, 11) is 0. The number of ketones is 1. The lowest BCUT2D eigenvalue weighted by atomic mass is 9.47. The minimum atomic E-state index is -1.09. The van der Waals surface area contributed by atoms with Gasteiger partial charge in [-0.25, -0.2) is 4.79 Å². The van der Waals surface area contributed by atoms with Crippen LogP contribution in [0.3, 0.4) is 0 Å². The van der Waals surface area contributed by atoms with Crippen molar-refractivity contribution < 1.29 is 19.5 Å². The predicted molar refractivity (Wildman–Crippen MR) is 92.5 cm³/mol. The predicted octanol–water partition coefficient (Wildman–Crippen LogP) is 3.95. The summed E-state index contributed by atoms with van der Waals surface area (Å²) in [6, 6.07) is 0. The van der Waals surface area contributed by atoms with E-state index in [0.29, 0.717) is 30.6 Å². The van der Waals surface area contributed by atoms with E-state index in [0.717, 1.165) is 25.3 Å². The van der Waals surface area contributed by atoms with Crippen LogP contribution in [-0.4, -0.2) is 23.1 Å². The van der Waals surface area contributed by atoms with Gasteiger partial charge in [-0.15, -0.1) is 0 Å². The number of aliphatic carboxylic acids is 1. The normalized spacial score (nSPS) is 36.8. The highest BCUT2D eigenvalue weighted by molar-refractivity contribution is 5.92. The summed E-state index contributed by atoms with van der Waals surface area (Å²) in [6.07, 6.45) is 7.33. The molecule has 0 saturated heterocycles. The van der Waals surface area contributed by atoms with Gasteiger partial charge >= 0.3 is 5.97 Å². The van der Waals surface area contributed by atoms with E-state index >= 15 is 0 Å². The number of carboxylic acid groups (broad SMARTS) is 1. The summed E-state index contributed by atoms with van der Waals surface area (Å²) < 4.78 is 0. The second-order valence-corrected chi connectivity index (χ2v) is 8.09. The van der Waals surface area contributed by atoms with Gasteiger partial charge in [-0.2, -0.15) is 0 Å². The first kappa shape index (κ1) is 18.6. The lowest BCUT2D eigenvalue weighted by Crippen LogP contribution is -2.51. The molecule has 2 aliphatic rings. The van der Waals surface area contributed by atoms with Gasteiger partial charge in [-0.05, 0) is 66.9 Å². The lowest BCUT2D eigenvalue weighted by Gasteiger charge is -2.57. The van der Waals surface area contributed by atoms with Crippen LogP contribution in [0, 0.1) is 22.7 Å². The first-order chi connectivity index (χ1) is 11.1. The molecule has 0 amide bonds. The average molecular weight is 332 g/mol. The van der Waals surface area contributed by atoms with Crippen molar-refractivity contribution in [2.75, 3.05) is 0 Å². The highest BCUT2D eigenvalue weighted by Crippen LogP contribution is 2.61. The molecule has 4 heteroatoms. The van der Waals surface area contributed by atoms with Crippen molar-refractivity contribution in [3.63, 3.8) is 0 Å². The number of aldehydes is 1. The van der Waals surface area contributed by atoms with Gasteiger partial charge < -0.3 is 5.11 Å². The monoisotopic (exact) mass is 332 g/mol. The summed E-state index contributed by atoms with van der Waals surface area (Å²) in [5, 5.41) is 8.88. The van der Waals surface area contributed by atoms with Crippen LogP contribution in [0.1, 0.15) is 59.8 Å². The van der Waals surface area contributed by atoms with Crippen molar-refractivity contribution in [2.45, 2.75) is 59.8 Å². The molecular formula is C20H28O4. The zero-order chi connectivity index (χ0) is 18.1. The molecule has 1 saturated carbocycles. The standard InChI is InChI=1S/C20H28O4/c1-13-5-7-20(4)14(2)9-16(22)11-17(20)19(13,3)8-6-15(12-21)10-18(23)24/h9-10,12-13,17H,5-8,11H2,1-4H3,(H,23,24). The molecule has 0 spiro atoms. The molecule has 0 aromatic carbocycles. The smallest absolute Gasteiger partial charge is 0.328 e. The molecule has 4 atom stereocenters. The minimum Gasteiger partial charge on any atom is -0.478 e. The molecule has 0 bridgehead atoms. The highest BCUT2D eigenvalue weighted by Gasteiger charge is 2.54. The van der Waals surface area contributed by atoms with Crippen molar-refractivity contribution in [1.82, 2.24) is 0 Å². The third kappa shape index (κ3) is 3.24. The lowest BCUT2D eigenvalue weighted by molar-refractivity contribution is -0.131. The zero-order valence-corrected chi connectivity index (χ0v) is 15.1. The molecule has 1 fully saturated rings. The first-order valence-electron chi connectivity index (χ1n) is 8.74. The summed E-state index contributed by atoms with van der Waals surface area (Å²) in [5.74, 6) is -0.224. The number of allylic oxidation sites excluding steroid dienone is 3. The Kier molecular flexibility index (Phi) is 5.17. The third-order valence-corrected chi connectivity index (χ3v) is 6.88. The quantitative estimate of drug-likeness (QED) is 0.611. The topological polar surface area (TPSA) is 71.4 Å². The average Bonchev–Trinajstić information content (AvgIpc) is 2.50. The van der Waals surface area contributed by atoms with Gasteiger partial charge in [0.15, 0.2) is 5.78 Å². The Morgan fingerprint density at radius 1 is 1.42 bits per heavy atom. The summed E-state index contributed by atoms with van der Waals surface area (Å²) in [5.41, 5.74) is 1.42. The van der Waals surface area contributed by atoms with Crippen molar-refractivity contribution in [1.29, 1.82) is 0 Å². The van der Waals surface area contributed by atoms with Gasteiger partial charge in [-0.1, -0.05) is 26.3 Å². The summed E-state index contributed by atoms with van der Waals surface area (Å²) in [4.78, 5) is 34.2. The molecule has 0 radical (unpaired) electrons. The Balaban J connectivity index is 2.31. The fraction of sp³-hybridized carbons (Fsp3) is 0.650. The molecule has 0 aromatic heterocycles. The molecule has 0 heterocycles. The van der Waals surface area contributed by atoms with Gasteiger partial charge in [0.2, 0.25) is 0 Å². The van der Waals surface area contributed by atoms with E-state index in [4.69, 9.17) is 5.11 Å². The Bertz CT molecular complexity index is 615. The van der Waals surface area contributed by atoms with Crippen molar-refractivity contribution in [3.8, 4) is 0 Å². The Morgan fingerprint density at radius 2 is 2.08 bits per heavy atom.